The van der Waals surface area contributed by atoms with Crippen LogP contribution >= 0.6 is 0 Å². The van der Waals surface area contributed by atoms with Crippen LogP contribution < -0.4 is 17.0 Å². The molecule has 1 aliphatic carbocycles. The van der Waals surface area contributed by atoms with Gasteiger partial charge in [-0.15, -0.1) is 0 Å². The number of fused-ring (bicyclic) bond motifs is 1. The SMILES string of the molecule is CCn1c(=O)n(C)c(=O)c2c1nc(C1CC1)n2CCCCN. The predicted octanol–water partition coefficient (Wildman–Crippen LogP) is 0.533. The zero-order valence-electron chi connectivity index (χ0n) is 13.2. The average molecular weight is 305 g/mol. The van der Waals surface area contributed by atoms with Crippen LogP contribution in [0.5, 0.6) is 0 Å². The van der Waals surface area contributed by atoms with E-state index in [9.17, 15) is 9.59 Å². The van der Waals surface area contributed by atoms with Crippen molar-refractivity contribution in [3.8, 4) is 0 Å². The van der Waals surface area contributed by atoms with Gasteiger partial charge in [-0.05, 0) is 39.2 Å². The molecule has 0 bridgehead atoms. The maximum Gasteiger partial charge on any atom is 0.332 e. The third-order valence-corrected chi connectivity index (χ3v) is 4.35. The Morgan fingerprint density at radius 2 is 1.95 bits per heavy atom. The van der Waals surface area contributed by atoms with Gasteiger partial charge in [0.2, 0.25) is 0 Å². The summed E-state index contributed by atoms with van der Waals surface area (Å²) in [5.41, 5.74) is 6.11. The first-order valence-corrected chi connectivity index (χ1v) is 8.00. The van der Waals surface area contributed by atoms with Crippen molar-refractivity contribution in [2.45, 2.75) is 51.6 Å². The molecule has 2 aromatic rings. The van der Waals surface area contributed by atoms with Crippen molar-refractivity contribution in [3.05, 3.63) is 26.7 Å². The first-order valence-electron chi connectivity index (χ1n) is 8.00. The Morgan fingerprint density at radius 1 is 1.23 bits per heavy atom. The number of nitrogens with zero attached hydrogens (tertiary/aromatic N) is 4. The van der Waals surface area contributed by atoms with Crippen molar-refractivity contribution in [2.75, 3.05) is 6.54 Å². The lowest BCUT2D eigenvalue weighted by atomic mass is 10.3. The molecule has 7 nitrogen and oxygen atoms in total. The molecule has 1 saturated carbocycles. The molecule has 0 aromatic carbocycles. The van der Waals surface area contributed by atoms with Gasteiger partial charge in [0, 0.05) is 26.1 Å². The van der Waals surface area contributed by atoms with E-state index in [0.29, 0.717) is 30.2 Å². The van der Waals surface area contributed by atoms with E-state index in [1.165, 1.54) is 11.6 Å². The smallest absolute Gasteiger partial charge is 0.330 e. The van der Waals surface area contributed by atoms with Crippen LogP contribution in [-0.2, 0) is 20.1 Å². The predicted molar refractivity (Wildman–Crippen MR) is 85.2 cm³/mol. The van der Waals surface area contributed by atoms with Gasteiger partial charge in [-0.25, -0.2) is 9.78 Å². The van der Waals surface area contributed by atoms with E-state index in [4.69, 9.17) is 5.73 Å². The van der Waals surface area contributed by atoms with E-state index in [1.54, 1.807) is 4.57 Å². The summed E-state index contributed by atoms with van der Waals surface area (Å²) in [6.07, 6.45) is 4.04. The highest BCUT2D eigenvalue weighted by molar-refractivity contribution is 5.71. The van der Waals surface area contributed by atoms with E-state index in [-0.39, 0.29) is 11.2 Å². The second kappa shape index (κ2) is 5.72. The van der Waals surface area contributed by atoms with Crippen LogP contribution in [-0.4, -0.2) is 25.2 Å². The molecule has 0 atom stereocenters. The van der Waals surface area contributed by atoms with Crippen LogP contribution in [0, 0.1) is 0 Å². The third-order valence-electron chi connectivity index (χ3n) is 4.35. The molecule has 0 spiro atoms. The first kappa shape index (κ1) is 15.0. The Labute approximate surface area is 128 Å². The maximum absolute atomic E-state index is 12.6. The fourth-order valence-corrected chi connectivity index (χ4v) is 2.95. The molecule has 22 heavy (non-hydrogen) atoms. The molecule has 0 saturated heterocycles. The Hall–Kier alpha value is -1.89. The summed E-state index contributed by atoms with van der Waals surface area (Å²) in [5, 5.41) is 0. The van der Waals surface area contributed by atoms with E-state index < -0.39 is 0 Å². The van der Waals surface area contributed by atoms with E-state index in [2.05, 4.69) is 4.98 Å². The average Bonchev–Trinajstić information content (AvgIpc) is 3.28. The molecule has 0 radical (unpaired) electrons. The maximum atomic E-state index is 12.6. The number of aromatic nitrogens is 4. The minimum Gasteiger partial charge on any atom is -0.330 e. The normalized spacial score (nSPS) is 14.9. The first-order chi connectivity index (χ1) is 10.6. The van der Waals surface area contributed by atoms with Gasteiger partial charge in [-0.1, -0.05) is 0 Å². The molecular formula is C15H23N5O2. The Balaban J connectivity index is 2.26. The topological polar surface area (TPSA) is 87.8 Å². The molecule has 7 heteroatoms. The number of nitrogens with two attached hydrogens (primary N) is 1. The van der Waals surface area contributed by atoms with Crippen LogP contribution in [0.4, 0.5) is 0 Å². The van der Waals surface area contributed by atoms with Crippen molar-refractivity contribution in [3.63, 3.8) is 0 Å². The van der Waals surface area contributed by atoms with Gasteiger partial charge in [0.1, 0.15) is 5.82 Å². The highest BCUT2D eigenvalue weighted by atomic mass is 16.2. The summed E-state index contributed by atoms with van der Waals surface area (Å²) < 4.78 is 4.79. The third kappa shape index (κ3) is 2.29. The molecule has 0 aliphatic heterocycles. The summed E-state index contributed by atoms with van der Waals surface area (Å²) in [4.78, 5) is 29.5. The fraction of sp³-hybridized carbons (Fsp3) is 0.667. The summed E-state index contributed by atoms with van der Waals surface area (Å²) in [6, 6.07) is 0. The summed E-state index contributed by atoms with van der Waals surface area (Å²) in [6.45, 7) is 3.78. The molecule has 2 N–H and O–H groups in total. The lowest BCUT2D eigenvalue weighted by molar-refractivity contribution is 0.598. The number of rotatable bonds is 6. The minimum atomic E-state index is -0.297. The van der Waals surface area contributed by atoms with Crippen LogP contribution in [0.25, 0.3) is 11.2 Å². The van der Waals surface area contributed by atoms with Crippen LogP contribution in [0.3, 0.4) is 0 Å². The van der Waals surface area contributed by atoms with Crippen molar-refractivity contribution in [1.29, 1.82) is 0 Å². The second-order valence-electron chi connectivity index (χ2n) is 5.95. The van der Waals surface area contributed by atoms with Gasteiger partial charge in [0.05, 0.1) is 0 Å². The van der Waals surface area contributed by atoms with E-state index in [1.807, 2.05) is 11.5 Å². The van der Waals surface area contributed by atoms with Crippen LogP contribution in [0.2, 0.25) is 0 Å². The molecule has 0 amide bonds. The number of hydrogen-bond acceptors (Lipinski definition) is 4. The van der Waals surface area contributed by atoms with Crippen molar-refractivity contribution < 1.29 is 0 Å². The largest absolute Gasteiger partial charge is 0.332 e. The Bertz CT molecular complexity index is 810. The van der Waals surface area contributed by atoms with Gasteiger partial charge in [-0.2, -0.15) is 0 Å². The van der Waals surface area contributed by atoms with Gasteiger partial charge in [0.25, 0.3) is 5.56 Å². The lowest BCUT2D eigenvalue weighted by Crippen LogP contribution is -2.38. The minimum absolute atomic E-state index is 0.253. The monoisotopic (exact) mass is 305 g/mol. The molecule has 2 aromatic heterocycles. The molecule has 1 aliphatic rings. The Morgan fingerprint density at radius 3 is 2.55 bits per heavy atom. The van der Waals surface area contributed by atoms with Gasteiger partial charge >= 0.3 is 5.69 Å². The number of imidazole rings is 1. The summed E-state index contributed by atoms with van der Waals surface area (Å²) in [5.74, 6) is 1.38. The number of hydrogen-bond donors (Lipinski definition) is 1. The molecule has 1 fully saturated rings. The van der Waals surface area contributed by atoms with Crippen LogP contribution in [0.15, 0.2) is 9.59 Å². The number of unbranched alkanes of at least 4 members (excludes halogenated alkanes) is 1. The van der Waals surface area contributed by atoms with E-state index >= 15 is 0 Å². The summed E-state index contributed by atoms with van der Waals surface area (Å²) >= 11 is 0. The fourth-order valence-electron chi connectivity index (χ4n) is 2.95. The van der Waals surface area contributed by atoms with Crippen molar-refractivity contribution in [2.24, 2.45) is 12.8 Å². The Kier molecular flexibility index (Phi) is 3.90. The van der Waals surface area contributed by atoms with Crippen molar-refractivity contribution >= 4 is 11.2 Å². The van der Waals surface area contributed by atoms with E-state index in [0.717, 1.165) is 38.1 Å². The molecule has 3 rings (SSSR count). The standard InChI is InChI=1S/C15H23N5O2/c1-3-19-13-11(14(21)18(2)15(19)22)20(9-5-4-8-16)12(17-13)10-6-7-10/h10H,3-9,16H2,1-2H3. The quantitative estimate of drug-likeness (QED) is 0.789. The second-order valence-corrected chi connectivity index (χ2v) is 5.95. The molecule has 120 valence electrons. The lowest BCUT2D eigenvalue weighted by Gasteiger charge is -2.09. The molecule has 0 unspecified atom stereocenters. The van der Waals surface area contributed by atoms with Gasteiger partial charge in [-0.3, -0.25) is 13.9 Å². The van der Waals surface area contributed by atoms with Gasteiger partial charge in [0.15, 0.2) is 11.2 Å². The highest BCUT2D eigenvalue weighted by Gasteiger charge is 2.31. The van der Waals surface area contributed by atoms with Crippen LogP contribution in [0.1, 0.15) is 44.3 Å². The zero-order chi connectivity index (χ0) is 15.9. The number of aryl methyl sites for hydroxylation is 2. The zero-order valence-corrected chi connectivity index (χ0v) is 13.2. The van der Waals surface area contributed by atoms with Crippen molar-refractivity contribution in [1.82, 2.24) is 18.7 Å². The molecule has 2 heterocycles. The molecular weight excluding hydrogens is 282 g/mol. The van der Waals surface area contributed by atoms with Gasteiger partial charge < -0.3 is 10.3 Å². The highest BCUT2D eigenvalue weighted by Crippen LogP contribution is 2.40. The summed E-state index contributed by atoms with van der Waals surface area (Å²) in [7, 11) is 1.53.